The van der Waals surface area contributed by atoms with E-state index in [-0.39, 0.29) is 17.9 Å². The summed E-state index contributed by atoms with van der Waals surface area (Å²) in [6, 6.07) is 4.67. The van der Waals surface area contributed by atoms with E-state index in [1.54, 1.807) is 23.1 Å². The zero-order valence-corrected chi connectivity index (χ0v) is 9.27. The first kappa shape index (κ1) is 10.1. The molecule has 0 bridgehead atoms. The number of nitrogen functional groups attached to an aromatic ring is 1. The lowest BCUT2D eigenvalue weighted by atomic mass is 10.1. The van der Waals surface area contributed by atoms with Gasteiger partial charge in [-0.25, -0.2) is 0 Å². The standard InChI is InChI=1S/C12H13N3O2/c13-7-3-4-9-8(6-7)12(17)15-5-1-2-10(15)11(16)14-9/h3-4,6,10H,1-2,5,13H2,(H,14,16). The minimum Gasteiger partial charge on any atom is -0.399 e. The molecule has 1 unspecified atom stereocenters. The van der Waals surface area contributed by atoms with Crippen LogP contribution in [-0.4, -0.2) is 29.3 Å². The molecule has 0 saturated carbocycles. The van der Waals surface area contributed by atoms with Crippen molar-refractivity contribution in [2.24, 2.45) is 0 Å². The maximum Gasteiger partial charge on any atom is 0.256 e. The number of benzene rings is 1. The number of carbonyl (C=O) groups excluding carboxylic acids is 2. The van der Waals surface area contributed by atoms with E-state index in [4.69, 9.17) is 5.73 Å². The lowest BCUT2D eigenvalue weighted by molar-refractivity contribution is -0.119. The van der Waals surface area contributed by atoms with Crippen molar-refractivity contribution in [2.75, 3.05) is 17.6 Å². The molecule has 1 aromatic rings. The second-order valence-corrected chi connectivity index (χ2v) is 4.45. The van der Waals surface area contributed by atoms with Crippen molar-refractivity contribution in [3.63, 3.8) is 0 Å². The summed E-state index contributed by atoms with van der Waals surface area (Å²) in [6.07, 6.45) is 1.61. The first-order valence-electron chi connectivity index (χ1n) is 5.68. The number of nitrogens with one attached hydrogen (secondary N) is 1. The Morgan fingerprint density at radius 3 is 3.00 bits per heavy atom. The molecule has 0 aromatic heterocycles. The van der Waals surface area contributed by atoms with Gasteiger partial charge in [0.25, 0.3) is 5.91 Å². The van der Waals surface area contributed by atoms with Gasteiger partial charge in [0.05, 0.1) is 11.3 Å². The molecule has 5 heteroatoms. The summed E-state index contributed by atoms with van der Waals surface area (Å²) in [4.78, 5) is 25.9. The van der Waals surface area contributed by atoms with Gasteiger partial charge < -0.3 is 16.0 Å². The highest BCUT2D eigenvalue weighted by Crippen LogP contribution is 2.29. The van der Waals surface area contributed by atoms with Crippen LogP contribution < -0.4 is 11.1 Å². The third kappa shape index (κ3) is 1.46. The molecular formula is C12H13N3O2. The topological polar surface area (TPSA) is 75.4 Å². The zero-order valence-electron chi connectivity index (χ0n) is 9.27. The van der Waals surface area contributed by atoms with Gasteiger partial charge in [-0.05, 0) is 31.0 Å². The normalized spacial score (nSPS) is 22.8. The molecule has 17 heavy (non-hydrogen) atoms. The Hall–Kier alpha value is -2.04. The Bertz CT molecular complexity index is 512. The van der Waals surface area contributed by atoms with Gasteiger partial charge in [0.15, 0.2) is 0 Å². The van der Waals surface area contributed by atoms with Gasteiger partial charge in [-0.3, -0.25) is 9.59 Å². The Kier molecular flexibility index (Phi) is 2.07. The van der Waals surface area contributed by atoms with E-state index in [9.17, 15) is 9.59 Å². The highest BCUT2D eigenvalue weighted by Gasteiger charge is 2.38. The Balaban J connectivity index is 2.12. The largest absolute Gasteiger partial charge is 0.399 e. The summed E-state index contributed by atoms with van der Waals surface area (Å²) < 4.78 is 0. The summed E-state index contributed by atoms with van der Waals surface area (Å²) in [5, 5.41) is 2.79. The van der Waals surface area contributed by atoms with Gasteiger partial charge in [-0.1, -0.05) is 0 Å². The second-order valence-electron chi connectivity index (χ2n) is 4.45. The minimum absolute atomic E-state index is 0.0978. The van der Waals surface area contributed by atoms with Crippen molar-refractivity contribution >= 4 is 23.2 Å². The fourth-order valence-corrected chi connectivity index (χ4v) is 2.50. The average molecular weight is 231 g/mol. The van der Waals surface area contributed by atoms with Crippen LogP contribution in [0.25, 0.3) is 0 Å². The molecule has 0 aliphatic carbocycles. The average Bonchev–Trinajstić information content (AvgIpc) is 2.76. The van der Waals surface area contributed by atoms with Crippen LogP contribution >= 0.6 is 0 Å². The molecule has 1 aromatic carbocycles. The Morgan fingerprint density at radius 1 is 1.35 bits per heavy atom. The fraction of sp³-hybridized carbons (Fsp3) is 0.333. The molecule has 1 atom stereocenters. The van der Waals surface area contributed by atoms with E-state index in [1.165, 1.54) is 0 Å². The predicted octanol–water partition coefficient (Wildman–Crippen LogP) is 0.825. The van der Waals surface area contributed by atoms with Crippen LogP contribution in [0, 0.1) is 0 Å². The van der Waals surface area contributed by atoms with Gasteiger partial charge in [-0.2, -0.15) is 0 Å². The smallest absolute Gasteiger partial charge is 0.256 e. The second kappa shape index (κ2) is 3.48. The summed E-state index contributed by atoms with van der Waals surface area (Å²) in [5.74, 6) is -0.201. The van der Waals surface area contributed by atoms with Gasteiger partial charge >= 0.3 is 0 Å². The molecule has 0 spiro atoms. The number of hydrogen-bond donors (Lipinski definition) is 2. The van der Waals surface area contributed by atoms with Crippen LogP contribution in [0.4, 0.5) is 11.4 Å². The highest BCUT2D eigenvalue weighted by molar-refractivity contribution is 6.10. The molecule has 2 heterocycles. The quantitative estimate of drug-likeness (QED) is 0.649. The van der Waals surface area contributed by atoms with E-state index in [0.717, 1.165) is 12.8 Å². The first-order valence-corrected chi connectivity index (χ1v) is 5.68. The number of nitrogens with zero attached hydrogens (tertiary/aromatic N) is 1. The van der Waals surface area contributed by atoms with Crippen LogP contribution in [-0.2, 0) is 4.79 Å². The SMILES string of the molecule is Nc1ccc2c(c1)C(=O)N1CCCC1C(=O)N2. The van der Waals surface area contributed by atoms with Crippen molar-refractivity contribution in [1.82, 2.24) is 4.90 Å². The van der Waals surface area contributed by atoms with Crippen LogP contribution in [0.5, 0.6) is 0 Å². The number of amides is 2. The molecule has 1 saturated heterocycles. The number of carbonyl (C=O) groups is 2. The summed E-state index contributed by atoms with van der Waals surface area (Å²) in [5.41, 5.74) is 7.26. The number of nitrogens with two attached hydrogens (primary N) is 1. The molecule has 1 fully saturated rings. The van der Waals surface area contributed by atoms with Gasteiger partial charge in [-0.15, -0.1) is 0 Å². The van der Waals surface area contributed by atoms with Gasteiger partial charge in [0.1, 0.15) is 6.04 Å². The molecular weight excluding hydrogens is 218 g/mol. The Labute approximate surface area is 98.6 Å². The van der Waals surface area contributed by atoms with Crippen LogP contribution in [0.3, 0.4) is 0 Å². The van der Waals surface area contributed by atoms with Crippen molar-refractivity contribution in [2.45, 2.75) is 18.9 Å². The Morgan fingerprint density at radius 2 is 2.18 bits per heavy atom. The maximum absolute atomic E-state index is 12.3. The molecule has 0 radical (unpaired) electrons. The van der Waals surface area contributed by atoms with E-state index in [2.05, 4.69) is 5.32 Å². The first-order chi connectivity index (χ1) is 8.16. The van der Waals surface area contributed by atoms with Crippen molar-refractivity contribution in [3.8, 4) is 0 Å². The van der Waals surface area contributed by atoms with Crippen LogP contribution in [0.1, 0.15) is 23.2 Å². The number of hydrogen-bond acceptors (Lipinski definition) is 3. The molecule has 2 aliphatic rings. The van der Waals surface area contributed by atoms with Crippen molar-refractivity contribution < 1.29 is 9.59 Å². The molecule has 88 valence electrons. The summed E-state index contributed by atoms with van der Waals surface area (Å²) in [7, 11) is 0. The summed E-state index contributed by atoms with van der Waals surface area (Å²) in [6.45, 7) is 0.644. The minimum atomic E-state index is -0.323. The van der Waals surface area contributed by atoms with Crippen LogP contribution in [0.2, 0.25) is 0 Å². The van der Waals surface area contributed by atoms with Gasteiger partial charge in [0, 0.05) is 12.2 Å². The monoisotopic (exact) mass is 231 g/mol. The van der Waals surface area contributed by atoms with E-state index in [1.807, 2.05) is 0 Å². The molecule has 3 N–H and O–H groups in total. The van der Waals surface area contributed by atoms with E-state index in [0.29, 0.717) is 23.5 Å². The molecule has 3 rings (SSSR count). The lowest BCUT2D eigenvalue weighted by Crippen LogP contribution is -2.40. The number of anilines is 2. The van der Waals surface area contributed by atoms with Crippen LogP contribution in [0.15, 0.2) is 18.2 Å². The lowest BCUT2D eigenvalue weighted by Gasteiger charge is -2.19. The highest BCUT2D eigenvalue weighted by atomic mass is 16.2. The van der Waals surface area contributed by atoms with Gasteiger partial charge in [0.2, 0.25) is 5.91 Å². The number of fused-ring (bicyclic) bond motifs is 2. The van der Waals surface area contributed by atoms with E-state index >= 15 is 0 Å². The maximum atomic E-state index is 12.3. The summed E-state index contributed by atoms with van der Waals surface area (Å²) >= 11 is 0. The molecule has 2 aliphatic heterocycles. The van der Waals surface area contributed by atoms with Crippen molar-refractivity contribution in [1.29, 1.82) is 0 Å². The predicted molar refractivity (Wildman–Crippen MR) is 63.5 cm³/mol. The molecule has 5 nitrogen and oxygen atoms in total. The number of rotatable bonds is 0. The van der Waals surface area contributed by atoms with Crippen molar-refractivity contribution in [3.05, 3.63) is 23.8 Å². The zero-order chi connectivity index (χ0) is 12.0. The third-order valence-electron chi connectivity index (χ3n) is 3.35. The fourth-order valence-electron chi connectivity index (χ4n) is 2.50. The van der Waals surface area contributed by atoms with E-state index < -0.39 is 0 Å². The molecule has 2 amide bonds. The third-order valence-corrected chi connectivity index (χ3v) is 3.35.